The SMILES string of the molecule is C.CC(C)c1ccc(-c2cccc(-c3ccc4oc5cc6c(cc5c4c3)C3(c4ccccc4-c4ccccc43)c3ccccc3-6)n2)cc1.CC1(C)c2cc(-c3nc(-c4ccccc4)nc(-c4cccc(-c5ccccc5)c4)n3)ccc2-c2c1ccc1oc3cccnc3c21.CC1(C)c2cc(-c3nc(-c4ccccc4)nc(-c4ccccc4)n3)ncc2-c2c1ccc1oc3ccccc3c21. The van der Waals surface area contributed by atoms with E-state index in [-0.39, 0.29) is 23.7 Å². The lowest BCUT2D eigenvalue weighted by Gasteiger charge is -2.30. The molecule has 134 heavy (non-hydrogen) atoms. The molecule has 15 aromatic carbocycles. The molecule has 0 fully saturated rings. The standard InChI is InChI=1S/C45H31NO.C41H28N4O.C35H24N4O.CH4/c1-27(2)28-18-20-29(21-19-28)41-16-9-17-42(46-41)30-22-23-43-35(24-30)36-25-40-34(26-44(36)47-43)33-12-5-8-15-39(33)45(40)37-13-6-3-10-31(37)32-11-4-7-14-38(32)45;1-41(2)31-20-21-33-36(37-34(46-33)17-10-22-42-37)35(31)30-19-18-29(24-32(30)41)40-44-38(26-13-7-4-8-14-26)43-39(45-40)28-16-9-15-27(23-28)25-11-5-3-6-12-25;1-35(2)25-17-18-29-31(23-15-9-10-16-28(23)40-29)30(25)24-20-36-27(19-26(24)35)34-38-32(21-11-5-3-6-12-21)37-33(39-34)22-13-7-4-8-14-22;/h3-27H,1-2H3;3-24H,1-2H3;3-20H,1-2H3;1H4. The maximum absolute atomic E-state index is 6.58. The van der Waals surface area contributed by atoms with Gasteiger partial charge in [0.2, 0.25) is 0 Å². The number of hydrogen-bond acceptors (Lipinski definition) is 12. The highest BCUT2D eigenvalue weighted by molar-refractivity contribution is 6.16. The lowest BCUT2D eigenvalue weighted by atomic mass is 9.70. The lowest BCUT2D eigenvalue weighted by molar-refractivity contribution is 0.656. The Balaban J connectivity index is 0.000000110. The van der Waals surface area contributed by atoms with Crippen LogP contribution in [0.25, 0.3) is 213 Å². The molecule has 638 valence electrons. The van der Waals surface area contributed by atoms with E-state index in [1.165, 1.54) is 89.0 Å². The van der Waals surface area contributed by atoms with Crippen LogP contribution in [-0.4, -0.2) is 44.9 Å². The Bertz CT molecular complexity index is 8570. The number of nitrogens with zero attached hydrogens (tertiary/aromatic N) is 9. The molecule has 0 saturated carbocycles. The van der Waals surface area contributed by atoms with E-state index >= 15 is 0 Å². The van der Waals surface area contributed by atoms with E-state index < -0.39 is 0 Å². The van der Waals surface area contributed by atoms with Crippen LogP contribution in [0.5, 0.6) is 0 Å². The third kappa shape index (κ3) is 12.9. The van der Waals surface area contributed by atoms with Crippen LogP contribution in [0.4, 0.5) is 0 Å². The Hall–Kier alpha value is -16.8. The monoisotopic (exact) mass is 1730 g/mol. The Kier molecular flexibility index (Phi) is 18.9. The van der Waals surface area contributed by atoms with Gasteiger partial charge in [-0.1, -0.05) is 334 Å². The lowest BCUT2D eigenvalue weighted by Crippen LogP contribution is -2.25. The fraction of sp³-hybridized carbons (Fsp3) is 0.0902. The number of aromatic nitrogens is 9. The highest BCUT2D eigenvalue weighted by Crippen LogP contribution is 2.64. The summed E-state index contributed by atoms with van der Waals surface area (Å²) in [4.78, 5) is 44.5. The maximum atomic E-state index is 6.58. The fourth-order valence-corrected chi connectivity index (χ4v) is 21.2. The minimum atomic E-state index is -0.379. The predicted molar refractivity (Wildman–Crippen MR) is 542 cm³/mol. The minimum absolute atomic E-state index is 0. The predicted octanol–water partition coefficient (Wildman–Crippen LogP) is 31.0. The summed E-state index contributed by atoms with van der Waals surface area (Å²) in [7, 11) is 0. The van der Waals surface area contributed by atoms with Gasteiger partial charge in [-0.15, -0.1) is 0 Å². The van der Waals surface area contributed by atoms with Crippen LogP contribution >= 0.6 is 0 Å². The molecule has 8 heterocycles. The molecule has 0 atom stereocenters. The van der Waals surface area contributed by atoms with Gasteiger partial charge in [-0.2, -0.15) is 0 Å². The molecule has 4 aliphatic carbocycles. The average molecular weight is 1730 g/mol. The van der Waals surface area contributed by atoms with Gasteiger partial charge in [0, 0.05) is 89.3 Å². The quantitative estimate of drug-likeness (QED) is 0.128. The Morgan fingerprint density at radius 1 is 0.239 bits per heavy atom. The fourth-order valence-electron chi connectivity index (χ4n) is 21.2. The van der Waals surface area contributed by atoms with Crippen molar-refractivity contribution < 1.29 is 13.3 Å². The second-order valence-corrected chi connectivity index (χ2v) is 36.3. The molecule has 0 saturated heterocycles. The number of benzene rings is 15. The zero-order chi connectivity index (χ0) is 89.0. The summed E-state index contributed by atoms with van der Waals surface area (Å²) in [5.41, 5.74) is 38.7. The summed E-state index contributed by atoms with van der Waals surface area (Å²) >= 11 is 0. The van der Waals surface area contributed by atoms with Gasteiger partial charge >= 0.3 is 0 Å². The zero-order valence-corrected chi connectivity index (χ0v) is 73.8. The van der Waals surface area contributed by atoms with E-state index in [2.05, 4.69) is 296 Å². The van der Waals surface area contributed by atoms with Gasteiger partial charge in [0.05, 0.1) is 22.2 Å². The summed E-state index contributed by atoms with van der Waals surface area (Å²) in [6.07, 6.45) is 3.81. The first-order chi connectivity index (χ1) is 65.2. The summed E-state index contributed by atoms with van der Waals surface area (Å²) < 4.78 is 19.0. The highest BCUT2D eigenvalue weighted by Gasteiger charge is 2.52. The number of rotatable bonds is 10. The van der Waals surface area contributed by atoms with Crippen molar-refractivity contribution in [3.8, 4) is 147 Å². The van der Waals surface area contributed by atoms with Gasteiger partial charge in [0.1, 0.15) is 39.1 Å². The van der Waals surface area contributed by atoms with Crippen molar-refractivity contribution in [2.75, 3.05) is 0 Å². The molecule has 12 nitrogen and oxygen atoms in total. The van der Waals surface area contributed by atoms with E-state index in [1.807, 2.05) is 134 Å². The summed E-state index contributed by atoms with van der Waals surface area (Å²) in [6, 6.07) is 132. The molecule has 0 N–H and O–H groups in total. The molecule has 8 aromatic heterocycles. The van der Waals surface area contributed by atoms with Crippen LogP contribution in [-0.2, 0) is 16.2 Å². The smallest absolute Gasteiger partial charge is 0.182 e. The molecule has 23 aromatic rings. The minimum Gasteiger partial charge on any atom is -0.456 e. The molecular formula is C122H87N9O3. The molecule has 1 spiro atoms. The topological polar surface area (TPSA) is 155 Å². The Labute approximate surface area is 775 Å². The molecule has 0 bridgehead atoms. The van der Waals surface area contributed by atoms with Crippen LogP contribution in [0.1, 0.15) is 105 Å². The molecule has 0 radical (unpaired) electrons. The highest BCUT2D eigenvalue weighted by atomic mass is 16.3. The molecule has 27 rings (SSSR count). The van der Waals surface area contributed by atoms with E-state index in [4.69, 9.17) is 58.1 Å². The summed E-state index contributed by atoms with van der Waals surface area (Å²) in [6.45, 7) is 13.6. The summed E-state index contributed by atoms with van der Waals surface area (Å²) in [5, 5.41) is 5.58. The van der Waals surface area contributed by atoms with Crippen molar-refractivity contribution in [1.82, 2.24) is 44.9 Å². The second-order valence-electron chi connectivity index (χ2n) is 36.3. The van der Waals surface area contributed by atoms with Crippen LogP contribution in [0.2, 0.25) is 0 Å². The normalized spacial score (nSPS) is 13.3. The first-order valence-electron chi connectivity index (χ1n) is 45.4. The van der Waals surface area contributed by atoms with Gasteiger partial charge in [-0.3, -0.25) is 9.97 Å². The third-order valence-electron chi connectivity index (χ3n) is 27.7. The Morgan fingerprint density at radius 2 is 0.687 bits per heavy atom. The second kappa shape index (κ2) is 31.5. The molecular weight excluding hydrogens is 1640 g/mol. The van der Waals surface area contributed by atoms with Gasteiger partial charge in [-0.05, 0) is 197 Å². The number of pyridine rings is 3. The van der Waals surface area contributed by atoms with Crippen molar-refractivity contribution in [1.29, 1.82) is 0 Å². The van der Waals surface area contributed by atoms with Crippen LogP contribution < -0.4 is 0 Å². The van der Waals surface area contributed by atoms with Crippen LogP contribution in [0.15, 0.2) is 402 Å². The number of para-hydroxylation sites is 1. The largest absolute Gasteiger partial charge is 0.456 e. The molecule has 4 aliphatic rings. The number of hydrogen-bond donors (Lipinski definition) is 0. The van der Waals surface area contributed by atoms with E-state index in [0.29, 0.717) is 40.9 Å². The first kappa shape index (κ1) is 80.5. The van der Waals surface area contributed by atoms with E-state index in [1.54, 1.807) is 0 Å². The van der Waals surface area contributed by atoms with Crippen molar-refractivity contribution in [2.24, 2.45) is 0 Å². The van der Waals surface area contributed by atoms with Crippen molar-refractivity contribution in [3.63, 3.8) is 0 Å². The number of furan rings is 3. The van der Waals surface area contributed by atoms with Crippen molar-refractivity contribution in [2.45, 2.75) is 71.1 Å². The molecule has 0 amide bonds. The number of fused-ring (bicyclic) bond motifs is 27. The Morgan fingerprint density at radius 3 is 1.31 bits per heavy atom. The maximum Gasteiger partial charge on any atom is 0.182 e. The average Bonchev–Trinajstić information content (AvgIpc) is 1.50. The van der Waals surface area contributed by atoms with Crippen LogP contribution in [0.3, 0.4) is 0 Å². The molecule has 0 unspecified atom stereocenters. The first-order valence-corrected chi connectivity index (χ1v) is 45.4. The summed E-state index contributed by atoms with van der Waals surface area (Å²) in [5.74, 6) is 4.24. The third-order valence-corrected chi connectivity index (χ3v) is 27.7. The molecule has 0 aliphatic heterocycles. The van der Waals surface area contributed by atoms with Crippen LogP contribution in [0, 0.1) is 0 Å². The van der Waals surface area contributed by atoms with Gasteiger partial charge < -0.3 is 13.3 Å². The van der Waals surface area contributed by atoms with Gasteiger partial charge in [-0.25, -0.2) is 34.9 Å². The van der Waals surface area contributed by atoms with E-state index in [9.17, 15) is 0 Å². The molecule has 12 heteroatoms. The zero-order valence-electron chi connectivity index (χ0n) is 73.8. The van der Waals surface area contributed by atoms with E-state index in [0.717, 1.165) is 139 Å². The van der Waals surface area contributed by atoms with Gasteiger partial charge in [0.15, 0.2) is 40.5 Å². The van der Waals surface area contributed by atoms with Crippen molar-refractivity contribution >= 4 is 65.9 Å². The van der Waals surface area contributed by atoms with Gasteiger partial charge in [0.25, 0.3) is 0 Å². The van der Waals surface area contributed by atoms with Crippen molar-refractivity contribution in [3.05, 3.63) is 439 Å².